The Bertz CT molecular complexity index is 808. The van der Waals surface area contributed by atoms with Gasteiger partial charge in [0.15, 0.2) is 0 Å². The van der Waals surface area contributed by atoms with Gasteiger partial charge in [-0.2, -0.15) is 0 Å². The molecule has 3 saturated carbocycles. The molecule has 0 aromatic heterocycles. The second kappa shape index (κ2) is 11.5. The fourth-order valence-corrected chi connectivity index (χ4v) is 10.4. The number of hydrogen-bond acceptors (Lipinski definition) is 2. The Morgan fingerprint density at radius 2 is 1.68 bits per heavy atom. The number of fused-ring (bicyclic) bond motifs is 1. The Kier molecular flexibility index (Phi) is 8.67. The van der Waals surface area contributed by atoms with Crippen molar-refractivity contribution in [1.82, 2.24) is 4.90 Å². The minimum absolute atomic E-state index is 0.430. The summed E-state index contributed by atoms with van der Waals surface area (Å²) in [7, 11) is 2.53. The molecule has 7 unspecified atom stereocenters. The summed E-state index contributed by atoms with van der Waals surface area (Å²) in [6.07, 6.45) is 19.6. The van der Waals surface area contributed by atoms with Gasteiger partial charge in [0.25, 0.3) is 0 Å². The fraction of sp³-hybridized carbons (Fsp3) is 0.886. The predicted octanol–water partition coefficient (Wildman–Crippen LogP) is 9.06. The van der Waals surface area contributed by atoms with E-state index in [0.717, 1.165) is 66.5 Å². The number of rotatable bonds is 8. The van der Waals surface area contributed by atoms with Crippen molar-refractivity contribution in [2.75, 3.05) is 13.7 Å². The summed E-state index contributed by atoms with van der Waals surface area (Å²) < 4.78 is 6.04. The molecule has 3 aliphatic carbocycles. The van der Waals surface area contributed by atoms with Crippen LogP contribution in [0.5, 0.6) is 0 Å². The third-order valence-corrected chi connectivity index (χ3v) is 12.3. The third kappa shape index (κ3) is 6.11. The summed E-state index contributed by atoms with van der Waals surface area (Å²) in [4.78, 5) is 2.95. The van der Waals surface area contributed by atoms with E-state index in [2.05, 4.69) is 52.8 Å². The molecule has 9 atom stereocenters. The van der Waals surface area contributed by atoms with Crippen molar-refractivity contribution >= 4 is 0 Å². The molecule has 2 heterocycles. The van der Waals surface area contributed by atoms with E-state index in [1.165, 1.54) is 89.0 Å². The number of hydrogen-bond donors (Lipinski definition) is 0. The highest BCUT2D eigenvalue weighted by Gasteiger charge is 2.53. The number of likely N-dealkylation sites (tertiary alicyclic amines) is 1. The zero-order valence-electron chi connectivity index (χ0n) is 25.1. The molecule has 0 amide bonds. The van der Waals surface area contributed by atoms with E-state index in [-0.39, 0.29) is 0 Å². The van der Waals surface area contributed by atoms with Gasteiger partial charge < -0.3 is 4.74 Å². The summed E-state index contributed by atoms with van der Waals surface area (Å²) in [5.74, 6) is 6.04. The van der Waals surface area contributed by atoms with Crippen LogP contribution in [0, 0.1) is 46.8 Å². The lowest BCUT2D eigenvalue weighted by Crippen LogP contribution is -2.58. The molecular formula is C35H59NO. The van der Waals surface area contributed by atoms with Crippen LogP contribution in [-0.2, 0) is 4.74 Å². The van der Waals surface area contributed by atoms with Crippen molar-refractivity contribution in [3.63, 3.8) is 0 Å². The van der Waals surface area contributed by atoms with Gasteiger partial charge in [-0.25, -0.2) is 0 Å². The van der Waals surface area contributed by atoms with Crippen LogP contribution in [0.1, 0.15) is 118 Å². The standard InChI is InChI=1S/C35H59NO/c1-23(16-27-10-8-9-11-27)17-28-14-15-35(5,6)31(21-28)32-20-26(4)33-25(3)19-29(34(33)36(32)7)12-13-30-18-24(2)22-37-30/h25-34H,1-2,8-22H2,3-7H3/t25?,26?,28-,29?,30+,31?,32?,33?,34?/m1/s1. The number of nitrogens with zero attached hydrogens (tertiary/aromatic N) is 1. The van der Waals surface area contributed by atoms with Crippen LogP contribution in [0.25, 0.3) is 0 Å². The van der Waals surface area contributed by atoms with Gasteiger partial charge in [-0.1, -0.05) is 72.1 Å². The minimum Gasteiger partial charge on any atom is -0.374 e. The smallest absolute Gasteiger partial charge is 0.0679 e. The average Bonchev–Trinajstić information content (AvgIpc) is 3.57. The third-order valence-electron chi connectivity index (χ3n) is 12.3. The second-order valence-electron chi connectivity index (χ2n) is 15.5. The Balaban J connectivity index is 1.25. The van der Waals surface area contributed by atoms with Gasteiger partial charge in [0.1, 0.15) is 0 Å². The maximum Gasteiger partial charge on any atom is 0.0679 e. The summed E-state index contributed by atoms with van der Waals surface area (Å²) in [5, 5.41) is 0. The van der Waals surface area contributed by atoms with Gasteiger partial charge in [-0.05, 0) is 124 Å². The topological polar surface area (TPSA) is 12.5 Å². The van der Waals surface area contributed by atoms with E-state index in [0.29, 0.717) is 11.5 Å². The van der Waals surface area contributed by atoms with Crippen molar-refractivity contribution in [3.05, 3.63) is 24.3 Å². The van der Waals surface area contributed by atoms with Gasteiger partial charge >= 0.3 is 0 Å². The largest absolute Gasteiger partial charge is 0.374 e. The summed E-state index contributed by atoms with van der Waals surface area (Å²) in [6, 6.07) is 1.51. The van der Waals surface area contributed by atoms with Crippen molar-refractivity contribution in [2.24, 2.45) is 46.8 Å². The Hall–Kier alpha value is -0.600. The van der Waals surface area contributed by atoms with Gasteiger partial charge in [0.2, 0.25) is 0 Å². The lowest BCUT2D eigenvalue weighted by atomic mass is 9.59. The molecular weight excluding hydrogens is 450 g/mol. The van der Waals surface area contributed by atoms with Gasteiger partial charge in [0, 0.05) is 12.1 Å². The molecule has 0 aromatic rings. The van der Waals surface area contributed by atoms with Crippen molar-refractivity contribution < 1.29 is 4.74 Å². The molecule has 0 N–H and O–H groups in total. The minimum atomic E-state index is 0.430. The quantitative estimate of drug-likeness (QED) is 0.303. The van der Waals surface area contributed by atoms with Gasteiger partial charge in [-0.15, -0.1) is 0 Å². The summed E-state index contributed by atoms with van der Waals surface area (Å²) >= 11 is 0. The second-order valence-corrected chi connectivity index (χ2v) is 15.5. The van der Waals surface area contributed by atoms with Crippen molar-refractivity contribution in [1.29, 1.82) is 0 Å². The van der Waals surface area contributed by atoms with E-state index in [9.17, 15) is 0 Å². The molecule has 2 heteroatoms. The number of piperidine rings is 1. The number of allylic oxidation sites excluding steroid dienone is 1. The molecule has 0 aromatic carbocycles. The van der Waals surface area contributed by atoms with Crippen LogP contribution in [0.15, 0.2) is 24.3 Å². The van der Waals surface area contributed by atoms with E-state index < -0.39 is 0 Å². The molecule has 5 aliphatic rings. The Morgan fingerprint density at radius 1 is 0.973 bits per heavy atom. The fourth-order valence-electron chi connectivity index (χ4n) is 10.4. The molecule has 5 fully saturated rings. The summed E-state index contributed by atoms with van der Waals surface area (Å²) in [6.45, 7) is 19.9. The maximum atomic E-state index is 6.04. The molecule has 37 heavy (non-hydrogen) atoms. The van der Waals surface area contributed by atoms with E-state index in [1.54, 1.807) is 5.57 Å². The van der Waals surface area contributed by atoms with Crippen molar-refractivity contribution in [3.8, 4) is 0 Å². The van der Waals surface area contributed by atoms with Crippen molar-refractivity contribution in [2.45, 2.75) is 136 Å². The van der Waals surface area contributed by atoms with Crippen LogP contribution >= 0.6 is 0 Å². The molecule has 2 saturated heterocycles. The van der Waals surface area contributed by atoms with E-state index in [1.807, 2.05) is 0 Å². The first-order valence-electron chi connectivity index (χ1n) is 16.3. The zero-order valence-corrected chi connectivity index (χ0v) is 25.1. The molecule has 2 nitrogen and oxygen atoms in total. The number of ether oxygens (including phenoxy) is 1. The van der Waals surface area contributed by atoms with Gasteiger partial charge in [-0.3, -0.25) is 4.90 Å². The first-order valence-corrected chi connectivity index (χ1v) is 16.3. The zero-order chi connectivity index (χ0) is 26.3. The van der Waals surface area contributed by atoms with Crippen LogP contribution in [0.3, 0.4) is 0 Å². The highest BCUT2D eigenvalue weighted by molar-refractivity contribution is 5.08. The SMILES string of the molecule is C=C(CC1CCCC1)C[C@H]1CCC(C)(C)C(C2CC(C)C3C(C)CC(CC[C@H]4CC(=C)CO4)C3N2C)C1. The normalized spacial score (nSPS) is 42.8. The average molecular weight is 510 g/mol. The molecule has 210 valence electrons. The molecule has 5 rings (SSSR count). The molecule has 2 aliphatic heterocycles. The van der Waals surface area contributed by atoms with Crippen LogP contribution < -0.4 is 0 Å². The maximum absolute atomic E-state index is 6.04. The first-order chi connectivity index (χ1) is 17.6. The lowest BCUT2D eigenvalue weighted by molar-refractivity contribution is -0.0598. The van der Waals surface area contributed by atoms with Crippen LogP contribution in [0.2, 0.25) is 0 Å². The highest BCUT2D eigenvalue weighted by Crippen LogP contribution is 2.55. The Morgan fingerprint density at radius 3 is 2.38 bits per heavy atom. The van der Waals surface area contributed by atoms with Crippen LogP contribution in [-0.4, -0.2) is 36.7 Å². The van der Waals surface area contributed by atoms with E-state index >= 15 is 0 Å². The molecule has 0 spiro atoms. The summed E-state index contributed by atoms with van der Waals surface area (Å²) in [5.41, 5.74) is 3.32. The molecule has 0 bridgehead atoms. The highest BCUT2D eigenvalue weighted by atomic mass is 16.5. The van der Waals surface area contributed by atoms with Gasteiger partial charge in [0.05, 0.1) is 12.7 Å². The predicted molar refractivity (Wildman–Crippen MR) is 158 cm³/mol. The monoisotopic (exact) mass is 509 g/mol. The van der Waals surface area contributed by atoms with E-state index in [4.69, 9.17) is 4.74 Å². The Labute approximate surface area is 230 Å². The lowest BCUT2D eigenvalue weighted by Gasteiger charge is -2.55. The van der Waals surface area contributed by atoms with Crippen LogP contribution in [0.4, 0.5) is 0 Å². The molecule has 0 radical (unpaired) electrons. The first kappa shape index (κ1) is 27.9.